The van der Waals surface area contributed by atoms with Crippen molar-refractivity contribution in [3.8, 4) is 5.95 Å². The van der Waals surface area contributed by atoms with Crippen LogP contribution in [-0.4, -0.2) is 17.2 Å². The lowest BCUT2D eigenvalue weighted by molar-refractivity contribution is 0.0955. The summed E-state index contributed by atoms with van der Waals surface area (Å²) in [6.45, 7) is 0. The zero-order chi connectivity index (χ0) is 15.5. The van der Waals surface area contributed by atoms with Crippen LogP contribution in [0.25, 0.3) is 10.8 Å². The number of carbonyl (C=O) groups excluding carboxylic acids is 1. The highest BCUT2D eigenvalue weighted by atomic mass is 35.5. The van der Waals surface area contributed by atoms with E-state index in [1.807, 2.05) is 6.07 Å². The van der Waals surface area contributed by atoms with E-state index in [2.05, 4.69) is 10.5 Å². The molecule has 3 aromatic rings. The van der Waals surface area contributed by atoms with E-state index in [1.54, 1.807) is 42.5 Å². The van der Waals surface area contributed by atoms with Crippen LogP contribution in [-0.2, 0) is 0 Å². The molecule has 1 amide bonds. The zero-order valence-electron chi connectivity index (χ0n) is 11.3. The average molecular weight is 315 g/mol. The highest BCUT2D eigenvalue weighted by Crippen LogP contribution is 2.29. The van der Waals surface area contributed by atoms with Crippen molar-refractivity contribution in [3.63, 3.8) is 0 Å². The van der Waals surface area contributed by atoms with E-state index in [0.29, 0.717) is 27.1 Å². The summed E-state index contributed by atoms with van der Waals surface area (Å²) in [5, 5.41) is 15.4. The van der Waals surface area contributed by atoms with Gasteiger partial charge in [-0.25, -0.2) is 5.43 Å². The van der Waals surface area contributed by atoms with Crippen LogP contribution < -0.4 is 5.43 Å². The maximum absolute atomic E-state index is 11.9. The standard InChI is InChI=1S/C16H11ClN2O3/c17-11-7-5-10(6-8-11)15(20)19-18-9-14-12-3-1-2-4-13(12)16(21)22-14/h1-9,21H,(H,19,20). The van der Waals surface area contributed by atoms with Crippen LogP contribution in [0.1, 0.15) is 16.1 Å². The summed E-state index contributed by atoms with van der Waals surface area (Å²) in [7, 11) is 0. The van der Waals surface area contributed by atoms with Gasteiger partial charge in [-0.3, -0.25) is 4.79 Å². The molecule has 0 aliphatic carbocycles. The van der Waals surface area contributed by atoms with Crippen molar-refractivity contribution < 1.29 is 14.3 Å². The monoisotopic (exact) mass is 314 g/mol. The van der Waals surface area contributed by atoms with Gasteiger partial charge >= 0.3 is 0 Å². The maximum atomic E-state index is 11.9. The number of nitrogens with zero attached hydrogens (tertiary/aromatic N) is 1. The minimum atomic E-state index is -0.368. The Hall–Kier alpha value is -2.79. The van der Waals surface area contributed by atoms with Crippen molar-refractivity contribution in [2.24, 2.45) is 5.10 Å². The summed E-state index contributed by atoms with van der Waals surface area (Å²) in [5.41, 5.74) is 2.83. The third kappa shape index (κ3) is 2.80. The van der Waals surface area contributed by atoms with Gasteiger partial charge in [-0.2, -0.15) is 5.10 Å². The average Bonchev–Trinajstić information content (AvgIpc) is 2.85. The zero-order valence-corrected chi connectivity index (χ0v) is 12.0. The third-order valence-electron chi connectivity index (χ3n) is 3.08. The van der Waals surface area contributed by atoms with E-state index in [-0.39, 0.29) is 11.9 Å². The van der Waals surface area contributed by atoms with E-state index in [9.17, 15) is 9.90 Å². The lowest BCUT2D eigenvalue weighted by atomic mass is 10.2. The number of hydrogen-bond donors (Lipinski definition) is 2. The first-order valence-electron chi connectivity index (χ1n) is 6.44. The molecule has 3 rings (SSSR count). The number of hydrazone groups is 1. The number of amides is 1. The molecule has 1 aromatic heterocycles. The molecule has 0 aliphatic heterocycles. The Morgan fingerprint density at radius 2 is 1.82 bits per heavy atom. The molecule has 2 aromatic carbocycles. The molecule has 0 spiro atoms. The SMILES string of the molecule is O=C(NN=Cc1oc(O)c2ccccc12)c1ccc(Cl)cc1. The number of aromatic hydroxyl groups is 1. The largest absolute Gasteiger partial charge is 0.480 e. The fourth-order valence-electron chi connectivity index (χ4n) is 2.01. The molecule has 1 heterocycles. The molecule has 0 aliphatic rings. The molecule has 5 nitrogen and oxygen atoms in total. The van der Waals surface area contributed by atoms with Crippen LogP contribution >= 0.6 is 11.6 Å². The Morgan fingerprint density at radius 1 is 1.14 bits per heavy atom. The molecule has 6 heteroatoms. The lowest BCUT2D eigenvalue weighted by Crippen LogP contribution is -2.17. The van der Waals surface area contributed by atoms with Crippen LogP contribution in [0.2, 0.25) is 5.02 Å². The van der Waals surface area contributed by atoms with Crippen LogP contribution in [0.5, 0.6) is 5.95 Å². The number of benzene rings is 2. The molecule has 0 unspecified atom stereocenters. The number of hydrogen-bond acceptors (Lipinski definition) is 4. The molecule has 0 radical (unpaired) electrons. The van der Waals surface area contributed by atoms with Gasteiger partial charge in [-0.05, 0) is 30.3 Å². The Kier molecular flexibility index (Phi) is 3.80. The predicted molar refractivity (Wildman–Crippen MR) is 84.4 cm³/mol. The second kappa shape index (κ2) is 5.91. The number of nitrogens with one attached hydrogen (secondary N) is 1. The van der Waals surface area contributed by atoms with Gasteiger partial charge in [0, 0.05) is 16.0 Å². The minimum absolute atomic E-state index is 0.180. The highest BCUT2D eigenvalue weighted by Gasteiger charge is 2.10. The van der Waals surface area contributed by atoms with Crippen molar-refractivity contribution in [1.29, 1.82) is 0 Å². The number of furan rings is 1. The summed E-state index contributed by atoms with van der Waals surface area (Å²) >= 11 is 5.76. The number of fused-ring (bicyclic) bond motifs is 1. The molecular weight excluding hydrogens is 304 g/mol. The summed E-state index contributed by atoms with van der Waals surface area (Å²) in [5.74, 6) is -0.182. The van der Waals surface area contributed by atoms with E-state index in [0.717, 1.165) is 0 Å². The fraction of sp³-hybridized carbons (Fsp3) is 0. The summed E-state index contributed by atoms with van der Waals surface area (Å²) < 4.78 is 5.21. The van der Waals surface area contributed by atoms with Gasteiger partial charge in [-0.1, -0.05) is 29.8 Å². The van der Waals surface area contributed by atoms with Crippen LogP contribution in [0.3, 0.4) is 0 Å². The maximum Gasteiger partial charge on any atom is 0.290 e. The Labute approximate surface area is 130 Å². The van der Waals surface area contributed by atoms with Crippen molar-refractivity contribution >= 4 is 34.5 Å². The molecular formula is C16H11ClN2O3. The predicted octanol–water partition coefficient (Wildman–Crippen LogP) is 3.56. The van der Waals surface area contributed by atoms with Gasteiger partial charge in [-0.15, -0.1) is 0 Å². The van der Waals surface area contributed by atoms with Gasteiger partial charge in [0.2, 0.25) is 0 Å². The Morgan fingerprint density at radius 3 is 2.55 bits per heavy atom. The quantitative estimate of drug-likeness (QED) is 0.573. The molecule has 22 heavy (non-hydrogen) atoms. The Balaban J connectivity index is 1.76. The molecule has 0 saturated carbocycles. The van der Waals surface area contributed by atoms with Crippen LogP contribution in [0, 0.1) is 0 Å². The van der Waals surface area contributed by atoms with Crippen molar-refractivity contribution in [1.82, 2.24) is 5.43 Å². The van der Waals surface area contributed by atoms with Crippen LogP contribution in [0.4, 0.5) is 0 Å². The lowest BCUT2D eigenvalue weighted by Gasteiger charge is -1.99. The first kappa shape index (κ1) is 14.2. The summed E-state index contributed by atoms with van der Waals surface area (Å²) in [6.07, 6.45) is 1.34. The first-order chi connectivity index (χ1) is 10.6. The van der Waals surface area contributed by atoms with Gasteiger partial charge in [0.05, 0.1) is 11.6 Å². The molecule has 0 fully saturated rings. The van der Waals surface area contributed by atoms with E-state index in [4.69, 9.17) is 16.0 Å². The van der Waals surface area contributed by atoms with Crippen molar-refractivity contribution in [2.45, 2.75) is 0 Å². The smallest absolute Gasteiger partial charge is 0.290 e. The van der Waals surface area contributed by atoms with Crippen molar-refractivity contribution in [3.05, 3.63) is 64.9 Å². The minimum Gasteiger partial charge on any atom is -0.480 e. The second-order valence-electron chi connectivity index (χ2n) is 4.52. The van der Waals surface area contributed by atoms with Crippen molar-refractivity contribution in [2.75, 3.05) is 0 Å². The van der Waals surface area contributed by atoms with Crippen LogP contribution in [0.15, 0.2) is 58.0 Å². The van der Waals surface area contributed by atoms with E-state index >= 15 is 0 Å². The molecule has 110 valence electrons. The molecule has 2 N–H and O–H groups in total. The number of carbonyl (C=O) groups is 1. The first-order valence-corrected chi connectivity index (χ1v) is 6.82. The molecule has 0 saturated heterocycles. The van der Waals surface area contributed by atoms with E-state index in [1.165, 1.54) is 6.21 Å². The topological polar surface area (TPSA) is 74.8 Å². The summed E-state index contributed by atoms with van der Waals surface area (Å²) in [4.78, 5) is 11.9. The normalized spacial score (nSPS) is 11.1. The van der Waals surface area contributed by atoms with Gasteiger partial charge < -0.3 is 9.52 Å². The molecule has 0 atom stereocenters. The Bertz CT molecular complexity index is 853. The third-order valence-corrected chi connectivity index (χ3v) is 3.34. The van der Waals surface area contributed by atoms with E-state index < -0.39 is 0 Å². The van der Waals surface area contributed by atoms with Gasteiger partial charge in [0.25, 0.3) is 11.9 Å². The van der Waals surface area contributed by atoms with Gasteiger partial charge in [0.1, 0.15) is 0 Å². The van der Waals surface area contributed by atoms with Gasteiger partial charge in [0.15, 0.2) is 5.76 Å². The molecule has 0 bridgehead atoms. The second-order valence-corrected chi connectivity index (χ2v) is 4.96. The summed E-state index contributed by atoms with van der Waals surface area (Å²) in [6, 6.07) is 13.6. The number of rotatable bonds is 3. The number of halogens is 1. The fourth-order valence-corrected chi connectivity index (χ4v) is 2.14. The highest BCUT2D eigenvalue weighted by molar-refractivity contribution is 6.30.